The summed E-state index contributed by atoms with van der Waals surface area (Å²) in [6, 6.07) is 0. The maximum Gasteiger partial charge on any atom is 0.306 e. The largest absolute Gasteiger partial charge is 0.462 e. The molecule has 0 amide bonds. The number of ether oxygens (including phenoxy) is 3. The Labute approximate surface area is 518 Å². The van der Waals surface area contributed by atoms with Crippen molar-refractivity contribution in [2.75, 3.05) is 13.2 Å². The molecule has 0 saturated carbocycles. The normalized spacial score (nSPS) is 12.3. The summed E-state index contributed by atoms with van der Waals surface area (Å²) in [6.45, 7) is 6.65. The van der Waals surface area contributed by atoms with Gasteiger partial charge in [-0.15, -0.1) is 0 Å². The first-order valence-electron chi connectivity index (χ1n) is 37.1. The maximum atomic E-state index is 12.9. The smallest absolute Gasteiger partial charge is 0.306 e. The first-order valence-corrected chi connectivity index (χ1v) is 37.1. The second-order valence-corrected chi connectivity index (χ2v) is 25.2. The van der Waals surface area contributed by atoms with Gasteiger partial charge < -0.3 is 14.2 Å². The van der Waals surface area contributed by atoms with Crippen molar-refractivity contribution in [3.05, 3.63) is 48.6 Å². The number of carbonyl (C=O) groups excluding carboxylic acids is 3. The molecule has 1 atom stereocenters. The van der Waals surface area contributed by atoms with Gasteiger partial charge >= 0.3 is 17.9 Å². The van der Waals surface area contributed by atoms with E-state index < -0.39 is 6.10 Å². The predicted octanol–water partition coefficient (Wildman–Crippen LogP) is 25.7. The lowest BCUT2D eigenvalue weighted by Crippen LogP contribution is -2.30. The zero-order valence-electron chi connectivity index (χ0n) is 56.0. The third-order valence-corrected chi connectivity index (χ3v) is 16.8. The van der Waals surface area contributed by atoms with E-state index >= 15 is 0 Å². The zero-order chi connectivity index (χ0) is 59.9. The van der Waals surface area contributed by atoms with E-state index in [1.807, 2.05) is 0 Å². The van der Waals surface area contributed by atoms with E-state index in [4.69, 9.17) is 14.2 Å². The van der Waals surface area contributed by atoms with Gasteiger partial charge in [0, 0.05) is 19.3 Å². The first-order chi connectivity index (χ1) is 41.0. The zero-order valence-corrected chi connectivity index (χ0v) is 56.0. The number of unbranched alkanes of at least 4 members (excludes halogenated alkanes) is 50. The summed E-state index contributed by atoms with van der Waals surface area (Å²) in [7, 11) is 0. The van der Waals surface area contributed by atoms with E-state index in [-0.39, 0.29) is 31.1 Å². The van der Waals surface area contributed by atoms with Gasteiger partial charge in [-0.3, -0.25) is 14.4 Å². The second kappa shape index (κ2) is 71.8. The van der Waals surface area contributed by atoms with Crippen LogP contribution in [-0.4, -0.2) is 37.2 Å². The van der Waals surface area contributed by atoms with E-state index in [1.165, 1.54) is 283 Å². The van der Waals surface area contributed by atoms with Gasteiger partial charge in [0.25, 0.3) is 0 Å². The molecule has 83 heavy (non-hydrogen) atoms. The van der Waals surface area contributed by atoms with Gasteiger partial charge in [0.2, 0.25) is 0 Å². The molecule has 6 nitrogen and oxygen atoms in total. The average molecular weight is 1160 g/mol. The van der Waals surface area contributed by atoms with Gasteiger partial charge in [-0.1, -0.05) is 352 Å². The number of allylic oxidation sites excluding steroid dienone is 8. The van der Waals surface area contributed by atoms with Gasteiger partial charge in [0.05, 0.1) is 0 Å². The van der Waals surface area contributed by atoms with Crippen LogP contribution in [0.25, 0.3) is 0 Å². The van der Waals surface area contributed by atoms with E-state index in [0.29, 0.717) is 19.3 Å². The van der Waals surface area contributed by atoms with E-state index in [2.05, 4.69) is 69.4 Å². The summed E-state index contributed by atoms with van der Waals surface area (Å²) in [4.78, 5) is 38.5. The molecule has 0 radical (unpaired) electrons. The van der Waals surface area contributed by atoms with Crippen molar-refractivity contribution in [3.8, 4) is 0 Å². The Kier molecular flexibility index (Phi) is 69.6. The fourth-order valence-corrected chi connectivity index (χ4v) is 11.2. The lowest BCUT2D eigenvalue weighted by molar-refractivity contribution is -0.167. The van der Waals surface area contributed by atoms with Crippen LogP contribution in [0.3, 0.4) is 0 Å². The van der Waals surface area contributed by atoms with Crippen molar-refractivity contribution in [2.45, 2.75) is 412 Å². The molecule has 0 aliphatic carbocycles. The average Bonchev–Trinajstić information content (AvgIpc) is 3.50. The van der Waals surface area contributed by atoms with Crippen LogP contribution in [0, 0.1) is 0 Å². The minimum atomic E-state index is -0.781. The van der Waals surface area contributed by atoms with E-state index in [1.54, 1.807) is 0 Å². The quantitative estimate of drug-likeness (QED) is 0.0261. The molecule has 0 bridgehead atoms. The molecule has 1 unspecified atom stereocenters. The first kappa shape index (κ1) is 80.4. The van der Waals surface area contributed by atoms with Gasteiger partial charge in [0.1, 0.15) is 13.2 Å². The Morgan fingerprint density at radius 1 is 0.241 bits per heavy atom. The highest BCUT2D eigenvalue weighted by Gasteiger charge is 2.19. The van der Waals surface area contributed by atoms with E-state index in [0.717, 1.165) is 83.5 Å². The Bertz CT molecular complexity index is 1430. The molecule has 0 aromatic heterocycles. The highest BCUT2D eigenvalue weighted by molar-refractivity contribution is 5.71. The van der Waals surface area contributed by atoms with Crippen molar-refractivity contribution in [3.63, 3.8) is 0 Å². The lowest BCUT2D eigenvalue weighted by atomic mass is 10.0. The van der Waals surface area contributed by atoms with Crippen LogP contribution >= 0.6 is 0 Å². The maximum absolute atomic E-state index is 12.9. The van der Waals surface area contributed by atoms with Crippen molar-refractivity contribution in [1.29, 1.82) is 0 Å². The highest BCUT2D eigenvalue weighted by atomic mass is 16.6. The minimum Gasteiger partial charge on any atom is -0.462 e. The topological polar surface area (TPSA) is 78.9 Å². The Balaban J connectivity index is 4.19. The summed E-state index contributed by atoms with van der Waals surface area (Å²) >= 11 is 0. The Morgan fingerprint density at radius 2 is 0.434 bits per heavy atom. The SMILES string of the molecule is CCCCC/C=C\C/C=C\CCCCCCCCCC(=O)OCC(COC(=O)CCCCCCCCCCCCCCCCCCCCCCCCCCCCCCCCC)OC(=O)CCCCCCCCC/C=C\C/C=C\CCCCC. The summed E-state index contributed by atoms with van der Waals surface area (Å²) < 4.78 is 17.0. The molecule has 0 aromatic rings. The number of hydrogen-bond donors (Lipinski definition) is 0. The summed E-state index contributed by atoms with van der Waals surface area (Å²) in [5.41, 5.74) is 0. The second-order valence-electron chi connectivity index (χ2n) is 25.2. The third-order valence-electron chi connectivity index (χ3n) is 16.8. The predicted molar refractivity (Wildman–Crippen MR) is 362 cm³/mol. The van der Waals surface area contributed by atoms with Crippen LogP contribution < -0.4 is 0 Å². The Morgan fingerprint density at radius 3 is 0.687 bits per heavy atom. The minimum absolute atomic E-state index is 0.0750. The molecule has 0 aliphatic heterocycles. The molecule has 0 aromatic carbocycles. The molecule has 0 N–H and O–H groups in total. The molecule has 0 rings (SSSR count). The molecule has 0 saturated heterocycles. The fraction of sp³-hybridized carbons (Fsp3) is 0.857. The summed E-state index contributed by atoms with van der Waals surface area (Å²) in [5.74, 6) is -0.865. The fourth-order valence-electron chi connectivity index (χ4n) is 11.2. The third kappa shape index (κ3) is 70.0. The van der Waals surface area contributed by atoms with Crippen LogP contribution in [0.1, 0.15) is 406 Å². The monoisotopic (exact) mass is 1160 g/mol. The van der Waals surface area contributed by atoms with Crippen LogP contribution in [0.2, 0.25) is 0 Å². The van der Waals surface area contributed by atoms with Crippen molar-refractivity contribution in [1.82, 2.24) is 0 Å². The summed E-state index contributed by atoms with van der Waals surface area (Å²) in [5, 5.41) is 0. The molecular formula is C77H142O6. The molecule has 0 heterocycles. The van der Waals surface area contributed by atoms with Gasteiger partial charge in [-0.25, -0.2) is 0 Å². The van der Waals surface area contributed by atoms with Gasteiger partial charge in [-0.05, 0) is 83.5 Å². The van der Waals surface area contributed by atoms with Gasteiger partial charge in [-0.2, -0.15) is 0 Å². The number of hydrogen-bond acceptors (Lipinski definition) is 6. The van der Waals surface area contributed by atoms with Crippen LogP contribution in [-0.2, 0) is 28.6 Å². The number of carbonyl (C=O) groups is 3. The van der Waals surface area contributed by atoms with Crippen LogP contribution in [0.15, 0.2) is 48.6 Å². The standard InChI is InChI=1S/C77H142O6/c1-4-7-10-13-16-19-22-25-28-31-32-33-34-35-36-37-38-39-40-41-42-43-44-47-49-52-55-58-61-64-67-70-76(79)82-73-74(83-77(80)71-68-65-62-59-56-53-50-46-30-27-24-21-18-15-12-9-6-3)72-81-75(78)69-66-63-60-57-54-51-48-45-29-26-23-20-17-14-11-8-5-2/h17-18,20-21,26-27,29-30,74H,4-16,19,22-25,28,31-73H2,1-3H3/b20-17-,21-18-,29-26-,30-27-. The summed E-state index contributed by atoms with van der Waals surface area (Å²) in [6.07, 6.45) is 91.6. The highest BCUT2D eigenvalue weighted by Crippen LogP contribution is 2.19. The molecule has 0 aliphatic rings. The number of esters is 3. The van der Waals surface area contributed by atoms with Crippen molar-refractivity contribution >= 4 is 17.9 Å². The molecule has 6 heteroatoms. The molecule has 0 spiro atoms. The lowest BCUT2D eigenvalue weighted by Gasteiger charge is -2.18. The molecule has 0 fully saturated rings. The number of rotatable bonds is 69. The molecular weight excluding hydrogens is 1020 g/mol. The van der Waals surface area contributed by atoms with Crippen molar-refractivity contribution in [2.24, 2.45) is 0 Å². The van der Waals surface area contributed by atoms with Crippen LogP contribution in [0.5, 0.6) is 0 Å². The molecule has 486 valence electrons. The van der Waals surface area contributed by atoms with Crippen molar-refractivity contribution < 1.29 is 28.6 Å². The van der Waals surface area contributed by atoms with E-state index in [9.17, 15) is 14.4 Å². The van der Waals surface area contributed by atoms with Crippen LogP contribution in [0.4, 0.5) is 0 Å². The Hall–Kier alpha value is -2.63. The van der Waals surface area contributed by atoms with Gasteiger partial charge in [0.15, 0.2) is 6.10 Å².